The molecule has 0 aliphatic rings. The molecule has 88 valence electrons. The molecule has 1 unspecified atom stereocenters. The predicted molar refractivity (Wildman–Crippen MR) is 56.6 cm³/mol. The lowest BCUT2D eigenvalue weighted by Crippen LogP contribution is -2.26. The summed E-state index contributed by atoms with van der Waals surface area (Å²) in [6, 6.07) is 5.15. The molecule has 5 heteroatoms. The van der Waals surface area contributed by atoms with Crippen LogP contribution in [-0.2, 0) is 14.3 Å². The number of nitrogens with zero attached hydrogens (tertiary/aromatic N) is 1. The van der Waals surface area contributed by atoms with Gasteiger partial charge in [-0.3, -0.25) is 9.78 Å². The Hall–Kier alpha value is -1.30. The Bertz CT molecular complexity index is 324. The van der Waals surface area contributed by atoms with E-state index in [1.807, 2.05) is 0 Å². The third-order valence-corrected chi connectivity index (χ3v) is 2.11. The first-order valence-electron chi connectivity index (χ1n) is 4.86. The van der Waals surface area contributed by atoms with Gasteiger partial charge in [0.2, 0.25) is 6.29 Å². The fraction of sp³-hybridized carbons (Fsp3) is 0.455. The van der Waals surface area contributed by atoms with E-state index < -0.39 is 12.4 Å². The number of methoxy groups -OCH3 is 2. The number of carbonyl (C=O) groups is 1. The van der Waals surface area contributed by atoms with Gasteiger partial charge in [0.15, 0.2) is 5.78 Å². The Labute approximate surface area is 94.0 Å². The highest BCUT2D eigenvalue weighted by atomic mass is 16.7. The van der Waals surface area contributed by atoms with Crippen LogP contribution in [0, 0.1) is 0 Å². The summed E-state index contributed by atoms with van der Waals surface area (Å²) in [7, 11) is 2.75. The third kappa shape index (κ3) is 3.37. The van der Waals surface area contributed by atoms with Crippen LogP contribution in [0.15, 0.2) is 24.4 Å². The quantitative estimate of drug-likeness (QED) is 0.721. The summed E-state index contributed by atoms with van der Waals surface area (Å²) in [5.41, 5.74) is 0.460. The molecule has 0 fully saturated rings. The lowest BCUT2D eigenvalue weighted by atomic mass is 10.1. The molecule has 1 aromatic rings. The zero-order chi connectivity index (χ0) is 12.0. The summed E-state index contributed by atoms with van der Waals surface area (Å²) in [5, 5.41) is 9.74. The van der Waals surface area contributed by atoms with E-state index in [1.165, 1.54) is 14.2 Å². The van der Waals surface area contributed by atoms with Crippen molar-refractivity contribution >= 4 is 5.78 Å². The van der Waals surface area contributed by atoms with Gasteiger partial charge in [-0.1, -0.05) is 6.07 Å². The average molecular weight is 225 g/mol. The molecule has 1 aromatic heterocycles. The molecular formula is C11H15NO4. The van der Waals surface area contributed by atoms with Crippen LogP contribution in [0.2, 0.25) is 0 Å². The Morgan fingerprint density at radius 1 is 1.44 bits per heavy atom. The van der Waals surface area contributed by atoms with Gasteiger partial charge in [0.05, 0.1) is 5.69 Å². The van der Waals surface area contributed by atoms with E-state index in [1.54, 1.807) is 24.4 Å². The Balaban J connectivity index is 2.58. The molecule has 1 atom stereocenters. The smallest absolute Gasteiger partial charge is 0.217 e. The first-order chi connectivity index (χ1) is 7.69. The van der Waals surface area contributed by atoms with E-state index in [-0.39, 0.29) is 12.2 Å². The van der Waals surface area contributed by atoms with E-state index in [0.717, 1.165) is 0 Å². The fourth-order valence-electron chi connectivity index (χ4n) is 1.32. The highest BCUT2D eigenvalue weighted by Crippen LogP contribution is 2.15. The predicted octanol–water partition coefficient (Wildman–Crippen LogP) is 0.693. The summed E-state index contributed by atoms with van der Waals surface area (Å²) in [6.07, 6.45) is -0.379. The van der Waals surface area contributed by atoms with Crippen molar-refractivity contribution in [3.63, 3.8) is 0 Å². The molecule has 5 nitrogen and oxygen atoms in total. The van der Waals surface area contributed by atoms with E-state index in [0.29, 0.717) is 5.69 Å². The van der Waals surface area contributed by atoms with Gasteiger partial charge in [-0.15, -0.1) is 0 Å². The van der Waals surface area contributed by atoms with Gasteiger partial charge in [-0.2, -0.15) is 0 Å². The monoisotopic (exact) mass is 225 g/mol. The molecule has 0 saturated heterocycles. The lowest BCUT2D eigenvalue weighted by molar-refractivity contribution is -0.158. The topological polar surface area (TPSA) is 68.7 Å². The van der Waals surface area contributed by atoms with Crippen LogP contribution in [-0.4, -0.2) is 36.4 Å². The number of ketones is 1. The average Bonchev–Trinajstić information content (AvgIpc) is 2.31. The number of pyridine rings is 1. The molecule has 0 amide bonds. The molecule has 0 saturated carbocycles. The van der Waals surface area contributed by atoms with Gasteiger partial charge in [0.25, 0.3) is 0 Å². The van der Waals surface area contributed by atoms with Crippen molar-refractivity contribution in [3.8, 4) is 0 Å². The van der Waals surface area contributed by atoms with Crippen LogP contribution in [0.3, 0.4) is 0 Å². The summed E-state index contributed by atoms with van der Waals surface area (Å²) >= 11 is 0. The Kier molecular flexibility index (Phi) is 5.04. The van der Waals surface area contributed by atoms with Crippen LogP contribution in [0.25, 0.3) is 0 Å². The van der Waals surface area contributed by atoms with E-state index in [2.05, 4.69) is 4.98 Å². The van der Waals surface area contributed by atoms with Gasteiger partial charge < -0.3 is 14.6 Å². The maximum Gasteiger partial charge on any atom is 0.217 e. The molecule has 0 aromatic carbocycles. The molecule has 16 heavy (non-hydrogen) atoms. The number of rotatable bonds is 6. The fourth-order valence-corrected chi connectivity index (χ4v) is 1.32. The second-order valence-corrected chi connectivity index (χ2v) is 3.24. The van der Waals surface area contributed by atoms with Gasteiger partial charge >= 0.3 is 0 Å². The van der Waals surface area contributed by atoms with E-state index in [9.17, 15) is 9.90 Å². The normalized spacial score (nSPS) is 12.8. The van der Waals surface area contributed by atoms with Crippen molar-refractivity contribution in [2.45, 2.75) is 18.8 Å². The number of aromatic nitrogens is 1. The number of carbonyl (C=O) groups excluding carboxylic acids is 1. The van der Waals surface area contributed by atoms with Crippen molar-refractivity contribution in [2.24, 2.45) is 0 Å². The number of hydrogen-bond acceptors (Lipinski definition) is 5. The lowest BCUT2D eigenvalue weighted by Gasteiger charge is -2.14. The van der Waals surface area contributed by atoms with Crippen molar-refractivity contribution in [1.82, 2.24) is 4.98 Å². The Morgan fingerprint density at radius 2 is 2.12 bits per heavy atom. The zero-order valence-electron chi connectivity index (χ0n) is 9.29. The largest absolute Gasteiger partial charge is 0.386 e. The van der Waals surface area contributed by atoms with Crippen molar-refractivity contribution in [3.05, 3.63) is 30.1 Å². The number of ether oxygens (including phenoxy) is 2. The molecule has 1 rings (SSSR count). The second kappa shape index (κ2) is 6.32. The SMILES string of the molecule is COC(OC)C(=O)CC(O)c1ccccn1. The molecule has 0 aliphatic heterocycles. The Morgan fingerprint density at radius 3 is 2.62 bits per heavy atom. The molecule has 1 heterocycles. The number of aliphatic hydroxyl groups excluding tert-OH is 1. The highest BCUT2D eigenvalue weighted by Gasteiger charge is 2.21. The summed E-state index contributed by atoms with van der Waals surface area (Å²) < 4.78 is 9.59. The van der Waals surface area contributed by atoms with Crippen molar-refractivity contribution < 1.29 is 19.4 Å². The summed E-state index contributed by atoms with van der Waals surface area (Å²) in [6.45, 7) is 0. The van der Waals surface area contributed by atoms with Gasteiger partial charge in [0.1, 0.15) is 6.10 Å². The van der Waals surface area contributed by atoms with Gasteiger partial charge in [-0.05, 0) is 12.1 Å². The van der Waals surface area contributed by atoms with Crippen molar-refractivity contribution in [2.75, 3.05) is 14.2 Å². The molecule has 0 radical (unpaired) electrons. The number of aliphatic hydroxyl groups is 1. The van der Waals surface area contributed by atoms with E-state index >= 15 is 0 Å². The maximum absolute atomic E-state index is 11.6. The first-order valence-corrected chi connectivity index (χ1v) is 4.86. The number of hydrogen-bond donors (Lipinski definition) is 1. The van der Waals surface area contributed by atoms with Gasteiger partial charge in [-0.25, -0.2) is 0 Å². The van der Waals surface area contributed by atoms with Crippen LogP contribution in [0.4, 0.5) is 0 Å². The minimum atomic E-state index is -0.932. The molecular weight excluding hydrogens is 210 g/mol. The summed E-state index contributed by atoms with van der Waals surface area (Å²) in [5.74, 6) is -0.317. The first kappa shape index (κ1) is 12.8. The van der Waals surface area contributed by atoms with Crippen LogP contribution >= 0.6 is 0 Å². The van der Waals surface area contributed by atoms with Gasteiger partial charge in [0, 0.05) is 26.8 Å². The highest BCUT2D eigenvalue weighted by molar-refractivity contribution is 5.82. The summed E-state index contributed by atoms with van der Waals surface area (Å²) in [4.78, 5) is 15.5. The van der Waals surface area contributed by atoms with Crippen LogP contribution in [0.5, 0.6) is 0 Å². The number of Topliss-reactive ketones (excluding diaryl/α,β-unsaturated/α-hetero) is 1. The molecule has 0 spiro atoms. The zero-order valence-corrected chi connectivity index (χ0v) is 9.29. The minimum Gasteiger partial charge on any atom is -0.386 e. The second-order valence-electron chi connectivity index (χ2n) is 3.24. The molecule has 1 N–H and O–H groups in total. The minimum absolute atomic E-state index is 0.0800. The van der Waals surface area contributed by atoms with E-state index in [4.69, 9.17) is 9.47 Å². The molecule has 0 bridgehead atoms. The maximum atomic E-state index is 11.6. The van der Waals surface area contributed by atoms with Crippen LogP contribution in [0.1, 0.15) is 18.2 Å². The standard InChI is InChI=1S/C11H15NO4/c1-15-11(16-2)10(14)7-9(13)8-5-3-4-6-12-8/h3-6,9,11,13H,7H2,1-2H3. The van der Waals surface area contributed by atoms with Crippen molar-refractivity contribution in [1.29, 1.82) is 0 Å². The third-order valence-electron chi connectivity index (χ3n) is 2.11. The van der Waals surface area contributed by atoms with Crippen LogP contribution < -0.4 is 0 Å². The molecule has 0 aliphatic carbocycles.